The van der Waals surface area contributed by atoms with Crippen LogP contribution in [0.1, 0.15) is 82.8 Å². The fourth-order valence-electron chi connectivity index (χ4n) is 3.37. The van der Waals surface area contributed by atoms with E-state index < -0.39 is 29.1 Å². The van der Waals surface area contributed by atoms with Crippen molar-refractivity contribution in [2.45, 2.75) is 78.9 Å². The first-order chi connectivity index (χ1) is 14.3. The first-order valence-electron chi connectivity index (χ1n) is 10.7. The van der Waals surface area contributed by atoms with E-state index in [0.29, 0.717) is 23.3 Å². The molecule has 2 rings (SSSR count). The van der Waals surface area contributed by atoms with Crippen LogP contribution in [-0.2, 0) is 35.6 Å². The molecule has 0 amide bonds. The summed E-state index contributed by atoms with van der Waals surface area (Å²) in [7, 11) is 1.32. The second-order valence-corrected chi connectivity index (χ2v) is 9.37. The van der Waals surface area contributed by atoms with Gasteiger partial charge in [0.15, 0.2) is 5.41 Å². The van der Waals surface area contributed by atoms with Crippen molar-refractivity contribution in [2.24, 2.45) is 5.41 Å². The quantitative estimate of drug-likeness (QED) is 0.377. The molecule has 0 unspecified atom stereocenters. The first kappa shape index (κ1) is 27.0. The van der Waals surface area contributed by atoms with Gasteiger partial charge in [0.2, 0.25) is 0 Å². The van der Waals surface area contributed by atoms with Crippen LogP contribution in [0.5, 0.6) is 0 Å². The van der Waals surface area contributed by atoms with E-state index in [9.17, 15) is 14.4 Å². The number of cyclic esters (lactones) is 2. The van der Waals surface area contributed by atoms with Gasteiger partial charge in [-0.3, -0.25) is 9.59 Å². The molecule has 0 radical (unpaired) electrons. The third-order valence-corrected chi connectivity index (χ3v) is 5.32. The molecule has 0 spiro atoms. The minimum Gasteiger partial charge on any atom is -0.465 e. The number of benzene rings is 1. The van der Waals surface area contributed by atoms with Crippen LogP contribution < -0.4 is 0 Å². The van der Waals surface area contributed by atoms with E-state index in [4.69, 9.17) is 14.2 Å². The van der Waals surface area contributed by atoms with Crippen molar-refractivity contribution in [3.8, 4) is 0 Å². The Morgan fingerprint density at radius 1 is 1.06 bits per heavy atom. The number of esters is 3. The molecule has 1 heterocycles. The third kappa shape index (κ3) is 6.48. The monoisotopic (exact) mass is 452 g/mol. The summed E-state index contributed by atoms with van der Waals surface area (Å²) in [5.41, 5.74) is 0.231. The lowest BCUT2D eigenvalue weighted by Gasteiger charge is -2.40. The molecule has 0 bridgehead atoms. The third-order valence-electron chi connectivity index (χ3n) is 5.01. The average molecular weight is 453 g/mol. The second-order valence-electron chi connectivity index (χ2n) is 8.93. The maximum absolute atomic E-state index is 13.0. The molecular weight excluding hydrogens is 416 g/mol. The van der Waals surface area contributed by atoms with E-state index in [1.54, 1.807) is 12.1 Å². The lowest BCUT2D eigenvalue weighted by Crippen LogP contribution is -2.55. The Bertz CT molecular complexity index is 787. The Hall–Kier alpha value is -2.02. The highest BCUT2D eigenvalue weighted by Gasteiger charge is 2.55. The summed E-state index contributed by atoms with van der Waals surface area (Å²) in [4.78, 5) is 38.1. The molecule has 1 aromatic rings. The molecule has 1 saturated heterocycles. The number of hydrogen-bond donors (Lipinski definition) is 1. The topological polar surface area (TPSA) is 78.9 Å². The van der Waals surface area contributed by atoms with Gasteiger partial charge in [0.1, 0.15) is 0 Å². The summed E-state index contributed by atoms with van der Waals surface area (Å²) in [6.07, 6.45) is 0.858. The summed E-state index contributed by atoms with van der Waals surface area (Å²) in [5, 5.41) is 0. The maximum Gasteiger partial charge on any atom is 0.337 e. The number of hydrogen-bond acceptors (Lipinski definition) is 7. The zero-order chi connectivity index (χ0) is 24.0. The molecule has 7 heteroatoms. The molecule has 0 N–H and O–H groups in total. The summed E-state index contributed by atoms with van der Waals surface area (Å²) in [6.45, 7) is 13.1. The van der Waals surface area contributed by atoms with E-state index in [0.717, 1.165) is 5.56 Å². The van der Waals surface area contributed by atoms with Crippen molar-refractivity contribution >= 4 is 30.5 Å². The van der Waals surface area contributed by atoms with Crippen LogP contribution in [-0.4, -0.2) is 36.6 Å². The molecule has 0 saturated carbocycles. The normalized spacial score (nSPS) is 17.1. The van der Waals surface area contributed by atoms with Crippen LogP contribution >= 0.6 is 12.6 Å². The molecule has 0 atom stereocenters. The van der Waals surface area contributed by atoms with Gasteiger partial charge in [-0.05, 0) is 53.7 Å². The Balaban J connectivity index is 0.00000233. The van der Waals surface area contributed by atoms with Crippen LogP contribution in [0.15, 0.2) is 18.2 Å². The number of rotatable bonds is 6. The highest BCUT2D eigenvalue weighted by Crippen LogP contribution is 2.40. The Labute approximate surface area is 191 Å². The SMILES string of the molecule is CC.COC(=O)c1cc(CC2(CCCS)C(=O)OC(C)(C)OC2=O)cc(C(C)(C)C)c1. The smallest absolute Gasteiger partial charge is 0.337 e. The van der Waals surface area contributed by atoms with Gasteiger partial charge in [0.05, 0.1) is 12.7 Å². The van der Waals surface area contributed by atoms with E-state index in [1.807, 2.05) is 40.7 Å². The lowest BCUT2D eigenvalue weighted by molar-refractivity contribution is -0.251. The average Bonchev–Trinajstić information content (AvgIpc) is 2.69. The van der Waals surface area contributed by atoms with Gasteiger partial charge < -0.3 is 14.2 Å². The Morgan fingerprint density at radius 2 is 1.61 bits per heavy atom. The van der Waals surface area contributed by atoms with Crippen molar-refractivity contribution in [3.63, 3.8) is 0 Å². The standard InChI is InChI=1S/C22H30O6S.C2H6/c1-20(2,3)16-11-14(10-15(12-16)17(23)26-6)13-22(8-7-9-29)18(24)27-21(4,5)28-19(22)25;1-2/h10-12,29H,7-9,13H2,1-6H3;1-2H3. The summed E-state index contributed by atoms with van der Waals surface area (Å²) in [6, 6.07) is 5.34. The predicted molar refractivity (Wildman–Crippen MR) is 123 cm³/mol. The van der Waals surface area contributed by atoms with Crippen molar-refractivity contribution in [1.29, 1.82) is 0 Å². The van der Waals surface area contributed by atoms with Crippen molar-refractivity contribution < 1.29 is 28.6 Å². The second kappa shape index (κ2) is 10.5. The van der Waals surface area contributed by atoms with Crippen molar-refractivity contribution in [2.75, 3.05) is 12.9 Å². The largest absolute Gasteiger partial charge is 0.465 e. The minimum absolute atomic E-state index is 0.0719. The molecule has 0 aliphatic carbocycles. The van der Waals surface area contributed by atoms with Crippen LogP contribution in [0.3, 0.4) is 0 Å². The molecule has 1 aliphatic rings. The lowest BCUT2D eigenvalue weighted by atomic mass is 9.75. The van der Waals surface area contributed by atoms with Gasteiger partial charge in [0.25, 0.3) is 5.79 Å². The van der Waals surface area contributed by atoms with E-state index >= 15 is 0 Å². The van der Waals surface area contributed by atoms with E-state index in [-0.39, 0.29) is 18.3 Å². The minimum atomic E-state index is -1.47. The van der Waals surface area contributed by atoms with Gasteiger partial charge in [-0.25, -0.2) is 4.79 Å². The molecule has 31 heavy (non-hydrogen) atoms. The van der Waals surface area contributed by atoms with Gasteiger partial charge in [-0.2, -0.15) is 12.6 Å². The molecule has 6 nitrogen and oxygen atoms in total. The fraction of sp³-hybridized carbons (Fsp3) is 0.625. The molecule has 0 aromatic heterocycles. The fourth-order valence-corrected chi connectivity index (χ4v) is 3.53. The van der Waals surface area contributed by atoms with Crippen LogP contribution in [0.25, 0.3) is 0 Å². The first-order valence-corrected chi connectivity index (χ1v) is 11.3. The summed E-state index contributed by atoms with van der Waals surface area (Å²) >= 11 is 4.22. The summed E-state index contributed by atoms with van der Waals surface area (Å²) < 4.78 is 15.7. The van der Waals surface area contributed by atoms with Crippen molar-refractivity contribution in [3.05, 3.63) is 34.9 Å². The van der Waals surface area contributed by atoms with Crippen LogP contribution in [0.2, 0.25) is 0 Å². The highest BCUT2D eigenvalue weighted by atomic mass is 32.1. The van der Waals surface area contributed by atoms with Crippen LogP contribution in [0, 0.1) is 5.41 Å². The van der Waals surface area contributed by atoms with Gasteiger partial charge >= 0.3 is 17.9 Å². The zero-order valence-electron chi connectivity index (χ0n) is 20.0. The van der Waals surface area contributed by atoms with E-state index in [1.165, 1.54) is 21.0 Å². The maximum atomic E-state index is 13.0. The zero-order valence-corrected chi connectivity index (χ0v) is 20.9. The van der Waals surface area contributed by atoms with Crippen molar-refractivity contribution in [1.82, 2.24) is 0 Å². The number of carbonyl (C=O) groups excluding carboxylic acids is 3. The van der Waals surface area contributed by atoms with Crippen LogP contribution in [0.4, 0.5) is 0 Å². The van der Waals surface area contributed by atoms with E-state index in [2.05, 4.69) is 12.6 Å². The van der Waals surface area contributed by atoms with Gasteiger partial charge in [-0.1, -0.05) is 40.7 Å². The Morgan fingerprint density at radius 3 is 2.06 bits per heavy atom. The molecule has 1 fully saturated rings. The summed E-state index contributed by atoms with van der Waals surface area (Å²) in [5.74, 6) is -2.48. The van der Waals surface area contributed by atoms with Gasteiger partial charge in [0, 0.05) is 13.8 Å². The Kier molecular flexibility index (Phi) is 9.18. The number of carbonyl (C=O) groups is 3. The highest BCUT2D eigenvalue weighted by molar-refractivity contribution is 7.80. The van der Waals surface area contributed by atoms with Gasteiger partial charge in [-0.15, -0.1) is 0 Å². The number of ether oxygens (including phenoxy) is 3. The number of methoxy groups -OCH3 is 1. The molecular formula is C24H36O6S. The molecule has 174 valence electrons. The molecule has 1 aromatic carbocycles. The number of thiol groups is 1. The predicted octanol–water partition coefficient (Wildman–Crippen LogP) is 4.87. The molecule has 1 aliphatic heterocycles.